The van der Waals surface area contributed by atoms with E-state index in [1.54, 1.807) is 13.0 Å². The van der Waals surface area contributed by atoms with Gasteiger partial charge in [0.15, 0.2) is 5.78 Å². The van der Waals surface area contributed by atoms with Gasteiger partial charge in [-0.05, 0) is 6.92 Å². The number of hydrogen-bond acceptors (Lipinski definition) is 7. The van der Waals surface area contributed by atoms with E-state index in [1.807, 2.05) is 0 Å². The van der Waals surface area contributed by atoms with Gasteiger partial charge < -0.3 is 4.74 Å². The van der Waals surface area contributed by atoms with Gasteiger partial charge in [-0.3, -0.25) is 25.0 Å². The number of carbonyl (C=O) groups is 1. The van der Waals surface area contributed by atoms with Crippen LogP contribution < -0.4 is 4.74 Å². The first-order valence-electron chi connectivity index (χ1n) is 5.42. The molecule has 104 valence electrons. The maximum absolute atomic E-state index is 11.6. The van der Waals surface area contributed by atoms with Crippen molar-refractivity contribution in [3.05, 3.63) is 37.9 Å². The smallest absolute Gasteiger partial charge is 0.312 e. The van der Waals surface area contributed by atoms with Crippen LogP contribution >= 0.6 is 0 Å². The zero-order valence-electron chi connectivity index (χ0n) is 10.4. The Kier molecular flexibility index (Phi) is 4.69. The van der Waals surface area contributed by atoms with Crippen LogP contribution in [-0.4, -0.2) is 22.2 Å². The first-order chi connectivity index (χ1) is 9.42. The Morgan fingerprint density at radius 2 is 1.90 bits per heavy atom. The summed E-state index contributed by atoms with van der Waals surface area (Å²) in [6.07, 6.45) is -0.605. The van der Waals surface area contributed by atoms with Crippen molar-refractivity contribution in [2.75, 3.05) is 6.61 Å². The average molecular weight is 279 g/mol. The second-order valence-corrected chi connectivity index (χ2v) is 3.54. The van der Waals surface area contributed by atoms with E-state index in [-0.39, 0.29) is 12.4 Å². The lowest BCUT2D eigenvalue weighted by molar-refractivity contribution is -0.390. The first-order valence-corrected chi connectivity index (χ1v) is 5.42. The molecule has 0 unspecified atom stereocenters. The molecule has 0 aliphatic heterocycles. The predicted molar refractivity (Wildman–Crippen MR) is 65.5 cm³/mol. The van der Waals surface area contributed by atoms with Crippen molar-refractivity contribution in [3.63, 3.8) is 0 Å². The molecule has 0 atom stereocenters. The highest BCUT2D eigenvalue weighted by atomic mass is 16.6. The fourth-order valence-corrected chi connectivity index (χ4v) is 1.51. The van der Waals surface area contributed by atoms with Gasteiger partial charge in [-0.25, -0.2) is 0 Å². The molecule has 0 spiro atoms. The Morgan fingerprint density at radius 3 is 2.35 bits per heavy atom. The van der Waals surface area contributed by atoms with E-state index in [0.717, 1.165) is 12.1 Å². The number of ether oxygens (including phenoxy) is 1. The van der Waals surface area contributed by atoms with Crippen LogP contribution in [0.2, 0.25) is 0 Å². The Bertz CT molecular complexity index is 619. The van der Waals surface area contributed by atoms with Gasteiger partial charge in [0.1, 0.15) is 5.56 Å². The lowest BCUT2D eigenvalue weighted by Gasteiger charge is -2.06. The van der Waals surface area contributed by atoms with Crippen LogP contribution in [0.5, 0.6) is 5.75 Å². The predicted octanol–water partition coefficient (Wildman–Crippen LogP) is 2.00. The monoisotopic (exact) mass is 279 g/mol. The van der Waals surface area contributed by atoms with E-state index in [2.05, 4.69) is 0 Å². The molecule has 0 N–H and O–H groups in total. The highest BCUT2D eigenvalue weighted by Gasteiger charge is 2.28. The summed E-state index contributed by atoms with van der Waals surface area (Å²) in [6.45, 7) is 1.63. The third-order valence-corrected chi connectivity index (χ3v) is 2.31. The molecule has 1 aromatic carbocycles. The van der Waals surface area contributed by atoms with E-state index < -0.39 is 39.0 Å². The number of hydrogen-bond donors (Lipinski definition) is 0. The number of nitrogens with zero attached hydrogens (tertiary/aromatic N) is 3. The van der Waals surface area contributed by atoms with E-state index in [0.29, 0.717) is 0 Å². The number of carbonyl (C=O) groups excluding carboxylic acids is 1. The number of rotatable bonds is 6. The van der Waals surface area contributed by atoms with Gasteiger partial charge in [-0.15, -0.1) is 0 Å². The van der Waals surface area contributed by atoms with Gasteiger partial charge in [0.2, 0.25) is 5.75 Å². The third-order valence-electron chi connectivity index (χ3n) is 2.31. The number of Topliss-reactive ketones (excluding diaryl/α,β-unsaturated/α-hetero) is 1. The highest BCUT2D eigenvalue weighted by molar-refractivity contribution is 6.02. The molecule has 1 aromatic rings. The molecule has 0 fully saturated rings. The largest absolute Gasteiger partial charge is 0.487 e. The maximum atomic E-state index is 11.6. The van der Waals surface area contributed by atoms with Crippen molar-refractivity contribution in [1.29, 1.82) is 5.26 Å². The van der Waals surface area contributed by atoms with Crippen LogP contribution in [0.15, 0.2) is 12.1 Å². The summed E-state index contributed by atoms with van der Waals surface area (Å²) in [5.74, 6) is -1.15. The molecule has 20 heavy (non-hydrogen) atoms. The van der Waals surface area contributed by atoms with Crippen molar-refractivity contribution in [1.82, 2.24) is 0 Å². The van der Waals surface area contributed by atoms with Gasteiger partial charge in [-0.2, -0.15) is 5.26 Å². The Balaban J connectivity index is 3.53. The van der Waals surface area contributed by atoms with Crippen LogP contribution in [0.4, 0.5) is 11.4 Å². The van der Waals surface area contributed by atoms with Crippen LogP contribution in [0.25, 0.3) is 0 Å². The van der Waals surface area contributed by atoms with E-state index in [9.17, 15) is 25.0 Å². The minimum absolute atomic E-state index is 0.0729. The number of benzene rings is 1. The van der Waals surface area contributed by atoms with Crippen LogP contribution in [0, 0.1) is 31.6 Å². The van der Waals surface area contributed by atoms with E-state index >= 15 is 0 Å². The summed E-state index contributed by atoms with van der Waals surface area (Å²) in [6, 6.07) is 3.14. The number of nitro benzene ring substituents is 2. The second kappa shape index (κ2) is 6.24. The van der Waals surface area contributed by atoms with Crippen molar-refractivity contribution in [2.45, 2.75) is 13.3 Å². The summed E-state index contributed by atoms with van der Waals surface area (Å²) in [5.41, 5.74) is -1.66. The molecule has 0 aliphatic carbocycles. The third kappa shape index (κ3) is 3.05. The molecule has 0 amide bonds. The molecule has 0 heterocycles. The Labute approximate surface area is 112 Å². The Hall–Kier alpha value is -3.02. The van der Waals surface area contributed by atoms with Gasteiger partial charge in [0.25, 0.3) is 5.69 Å². The van der Waals surface area contributed by atoms with Crippen molar-refractivity contribution >= 4 is 17.2 Å². The van der Waals surface area contributed by atoms with Gasteiger partial charge in [-0.1, -0.05) is 0 Å². The molecule has 0 saturated heterocycles. The molecule has 1 rings (SSSR count). The Morgan fingerprint density at radius 1 is 1.30 bits per heavy atom. The number of ketones is 1. The lowest BCUT2D eigenvalue weighted by Crippen LogP contribution is -2.06. The van der Waals surface area contributed by atoms with Crippen molar-refractivity contribution in [2.24, 2.45) is 0 Å². The topological polar surface area (TPSA) is 136 Å². The van der Waals surface area contributed by atoms with Crippen LogP contribution in [0.1, 0.15) is 23.7 Å². The van der Waals surface area contributed by atoms with Gasteiger partial charge in [0.05, 0.1) is 35.0 Å². The quantitative estimate of drug-likeness (QED) is 0.441. The summed E-state index contributed by atoms with van der Waals surface area (Å²) in [5, 5.41) is 30.2. The minimum Gasteiger partial charge on any atom is -0.487 e. The second-order valence-electron chi connectivity index (χ2n) is 3.54. The maximum Gasteiger partial charge on any atom is 0.312 e. The molecule has 9 nitrogen and oxygen atoms in total. The van der Waals surface area contributed by atoms with Gasteiger partial charge in [0, 0.05) is 6.07 Å². The fourth-order valence-electron chi connectivity index (χ4n) is 1.51. The summed E-state index contributed by atoms with van der Waals surface area (Å²) in [7, 11) is 0. The van der Waals surface area contributed by atoms with Crippen molar-refractivity contribution < 1.29 is 19.4 Å². The average Bonchev–Trinajstić information content (AvgIpc) is 2.38. The minimum atomic E-state index is -0.856. The molecule has 0 saturated carbocycles. The lowest BCUT2D eigenvalue weighted by atomic mass is 10.0. The van der Waals surface area contributed by atoms with Crippen molar-refractivity contribution in [3.8, 4) is 11.8 Å². The fraction of sp³-hybridized carbons (Fsp3) is 0.273. The standard InChI is InChI=1S/C11H9N3O6/c1-2-20-11-6-8(13(16)17)7(10(15)3-4-12)5-9(11)14(18)19/h5-6H,2-3H2,1H3. The molecule has 9 heteroatoms. The van der Waals surface area contributed by atoms with Crippen LogP contribution in [0.3, 0.4) is 0 Å². The first kappa shape index (κ1) is 15.0. The number of nitriles is 1. The normalized spacial score (nSPS) is 9.60. The number of nitro groups is 2. The molecule has 0 bridgehead atoms. The zero-order chi connectivity index (χ0) is 15.3. The molecule has 0 aliphatic rings. The molecular formula is C11H9N3O6. The SMILES string of the molecule is CCOc1cc([N+](=O)[O-])c(C(=O)CC#N)cc1[N+](=O)[O-]. The van der Waals surface area contributed by atoms with Gasteiger partial charge >= 0.3 is 5.69 Å². The summed E-state index contributed by atoms with van der Waals surface area (Å²) in [4.78, 5) is 31.8. The highest BCUT2D eigenvalue weighted by Crippen LogP contribution is 2.35. The van der Waals surface area contributed by atoms with E-state index in [4.69, 9.17) is 10.00 Å². The van der Waals surface area contributed by atoms with E-state index in [1.165, 1.54) is 0 Å². The molecule has 0 aromatic heterocycles. The summed E-state index contributed by atoms with van der Waals surface area (Å²) >= 11 is 0. The summed E-state index contributed by atoms with van der Waals surface area (Å²) < 4.78 is 4.96. The van der Waals surface area contributed by atoms with Crippen LogP contribution in [-0.2, 0) is 0 Å². The molecule has 0 radical (unpaired) electrons. The zero-order valence-corrected chi connectivity index (χ0v) is 10.4. The molecular weight excluding hydrogens is 270 g/mol.